The molecule has 0 aliphatic heterocycles. The van der Waals surface area contributed by atoms with E-state index in [1.165, 1.54) is 19.2 Å². The predicted octanol–water partition coefficient (Wildman–Crippen LogP) is 6.24. The van der Waals surface area contributed by atoms with Gasteiger partial charge in [-0.15, -0.1) is 11.3 Å². The number of aromatic nitrogens is 5. The number of fused-ring (bicyclic) bond motifs is 1. The monoisotopic (exact) mass is 567 g/mol. The Morgan fingerprint density at radius 3 is 2.51 bits per heavy atom. The van der Waals surface area contributed by atoms with Crippen molar-refractivity contribution in [2.24, 2.45) is 0 Å². The molecule has 0 aliphatic carbocycles. The molecule has 1 unspecified atom stereocenters. The number of thiazole rings is 1. The lowest BCUT2D eigenvalue weighted by Crippen LogP contribution is -2.23. The van der Waals surface area contributed by atoms with Gasteiger partial charge in [-0.05, 0) is 25.1 Å². The first-order valence-electron chi connectivity index (χ1n) is 11.0. The number of benzene rings is 1. The van der Waals surface area contributed by atoms with Gasteiger partial charge in [0.2, 0.25) is 0 Å². The molecule has 0 saturated carbocycles. The number of pyridine rings is 2. The molecule has 4 heterocycles. The lowest BCUT2D eigenvalue weighted by atomic mass is 10.0. The Morgan fingerprint density at radius 2 is 1.87 bits per heavy atom. The molecule has 1 aromatic carbocycles. The summed E-state index contributed by atoms with van der Waals surface area (Å²) in [6.07, 6.45) is -9.47. The summed E-state index contributed by atoms with van der Waals surface area (Å²) in [5, 5.41) is 4.22. The molecule has 5 rings (SSSR count). The molecule has 39 heavy (non-hydrogen) atoms. The van der Waals surface area contributed by atoms with Gasteiger partial charge in [-0.25, -0.2) is 9.78 Å². The van der Waals surface area contributed by atoms with Crippen LogP contribution in [0, 0.1) is 6.92 Å². The van der Waals surface area contributed by atoms with Crippen molar-refractivity contribution in [1.82, 2.24) is 25.1 Å². The average molecular weight is 567 g/mol. The summed E-state index contributed by atoms with van der Waals surface area (Å²) in [7, 11) is 0. The van der Waals surface area contributed by atoms with Gasteiger partial charge in [0.1, 0.15) is 10.7 Å². The Kier molecular flexibility index (Phi) is 6.72. The van der Waals surface area contributed by atoms with E-state index in [1.54, 1.807) is 18.2 Å². The zero-order valence-corrected chi connectivity index (χ0v) is 20.4. The predicted molar refractivity (Wildman–Crippen MR) is 127 cm³/mol. The van der Waals surface area contributed by atoms with Crippen molar-refractivity contribution < 1.29 is 35.6 Å². The van der Waals surface area contributed by atoms with Gasteiger partial charge in [0, 0.05) is 34.5 Å². The summed E-state index contributed by atoms with van der Waals surface area (Å²) in [4.78, 5) is 25.3. The van der Waals surface area contributed by atoms with E-state index in [2.05, 4.69) is 29.6 Å². The number of nitrogens with zero attached hydrogens (tertiary/aromatic N) is 4. The van der Waals surface area contributed by atoms with Crippen LogP contribution in [0.1, 0.15) is 27.9 Å². The SMILES string of the molecule is Cc1nc(-c2ccc(C(F)(F)F)nc2)sc1C(OCc1ccc(-c2noc(=O)[nH]2)c2cccnc12)C(F)(F)F. The molecule has 0 aliphatic rings. The zero-order valence-electron chi connectivity index (χ0n) is 19.6. The third kappa shape index (κ3) is 5.40. The average Bonchev–Trinajstić information content (AvgIpc) is 3.48. The zero-order chi connectivity index (χ0) is 27.9. The minimum absolute atomic E-state index is 0.0190. The van der Waals surface area contributed by atoms with E-state index in [0.717, 1.165) is 18.3 Å². The first-order chi connectivity index (χ1) is 18.4. The van der Waals surface area contributed by atoms with Gasteiger partial charge in [0.15, 0.2) is 11.9 Å². The number of rotatable bonds is 6. The van der Waals surface area contributed by atoms with Crippen LogP contribution >= 0.6 is 11.3 Å². The maximum Gasteiger partial charge on any atom is 0.439 e. The summed E-state index contributed by atoms with van der Waals surface area (Å²) in [5.74, 6) is -0.641. The first kappa shape index (κ1) is 26.5. The van der Waals surface area contributed by atoms with Crippen molar-refractivity contribution in [1.29, 1.82) is 0 Å². The number of halogens is 6. The van der Waals surface area contributed by atoms with Crippen molar-refractivity contribution in [2.75, 3.05) is 0 Å². The van der Waals surface area contributed by atoms with Gasteiger partial charge in [-0.3, -0.25) is 19.5 Å². The quantitative estimate of drug-likeness (QED) is 0.242. The van der Waals surface area contributed by atoms with Crippen LogP contribution in [0.3, 0.4) is 0 Å². The van der Waals surface area contributed by atoms with Crippen molar-refractivity contribution in [3.8, 4) is 22.0 Å². The first-order valence-corrected chi connectivity index (χ1v) is 11.9. The van der Waals surface area contributed by atoms with Gasteiger partial charge < -0.3 is 4.74 Å². The summed E-state index contributed by atoms with van der Waals surface area (Å²) < 4.78 is 90.8. The second-order valence-electron chi connectivity index (χ2n) is 8.25. The van der Waals surface area contributed by atoms with Crippen molar-refractivity contribution in [3.05, 3.63) is 81.2 Å². The van der Waals surface area contributed by atoms with Crippen LogP contribution in [0.15, 0.2) is 58.1 Å². The van der Waals surface area contributed by atoms with Crippen LogP contribution in [0.4, 0.5) is 26.3 Å². The van der Waals surface area contributed by atoms with Gasteiger partial charge in [0.05, 0.1) is 22.7 Å². The summed E-state index contributed by atoms with van der Waals surface area (Å²) >= 11 is 0.656. The van der Waals surface area contributed by atoms with Crippen molar-refractivity contribution in [2.45, 2.75) is 32.0 Å². The van der Waals surface area contributed by atoms with Gasteiger partial charge in [0.25, 0.3) is 0 Å². The van der Waals surface area contributed by atoms with E-state index in [9.17, 15) is 31.1 Å². The van der Waals surface area contributed by atoms with E-state index >= 15 is 0 Å². The molecule has 0 spiro atoms. The Hall–Kier alpha value is -4.11. The topological polar surface area (TPSA) is 107 Å². The maximum absolute atomic E-state index is 14.1. The molecule has 8 nitrogen and oxygen atoms in total. The maximum atomic E-state index is 14.1. The number of alkyl halides is 6. The highest BCUT2D eigenvalue weighted by Gasteiger charge is 2.44. The molecule has 202 valence electrons. The number of ether oxygens (including phenoxy) is 1. The number of nitrogens with one attached hydrogen (secondary N) is 1. The molecule has 15 heteroatoms. The lowest BCUT2D eigenvalue weighted by Gasteiger charge is -2.20. The number of hydrogen-bond acceptors (Lipinski definition) is 8. The highest BCUT2D eigenvalue weighted by atomic mass is 32.1. The smallest absolute Gasteiger partial charge is 0.358 e. The molecule has 1 N–H and O–H groups in total. The van der Waals surface area contributed by atoms with Crippen LogP contribution in [0.2, 0.25) is 0 Å². The number of hydrogen-bond donors (Lipinski definition) is 1. The van der Waals surface area contributed by atoms with Crippen LogP contribution in [0.5, 0.6) is 0 Å². The van der Waals surface area contributed by atoms with Crippen LogP contribution in [-0.2, 0) is 17.5 Å². The third-order valence-electron chi connectivity index (χ3n) is 5.62. The summed E-state index contributed by atoms with van der Waals surface area (Å²) in [5.41, 5.74) is 0.151. The number of H-pyrrole nitrogens is 1. The Labute approximate surface area is 218 Å². The fourth-order valence-electron chi connectivity index (χ4n) is 3.86. The Bertz CT molecular complexity index is 1690. The lowest BCUT2D eigenvalue weighted by molar-refractivity contribution is -0.226. The highest BCUT2D eigenvalue weighted by Crippen LogP contribution is 2.43. The molecular formula is C24H15F6N5O3S. The van der Waals surface area contributed by atoms with Crippen LogP contribution in [0.25, 0.3) is 32.9 Å². The van der Waals surface area contributed by atoms with Crippen LogP contribution < -0.4 is 5.76 Å². The number of aryl methyl sites for hydroxylation is 1. The van der Waals surface area contributed by atoms with Crippen molar-refractivity contribution >= 4 is 22.2 Å². The second kappa shape index (κ2) is 9.89. The summed E-state index contributed by atoms with van der Waals surface area (Å²) in [6, 6.07) is 8.16. The second-order valence-corrected chi connectivity index (χ2v) is 9.28. The summed E-state index contributed by atoms with van der Waals surface area (Å²) in [6.45, 7) is 0.876. The van der Waals surface area contributed by atoms with E-state index in [1.807, 2.05) is 0 Å². The normalized spacial score (nSPS) is 13.2. The molecule has 4 aromatic heterocycles. The Morgan fingerprint density at radius 1 is 1.08 bits per heavy atom. The molecule has 0 saturated heterocycles. The van der Waals surface area contributed by atoms with E-state index in [-0.39, 0.29) is 27.0 Å². The highest BCUT2D eigenvalue weighted by molar-refractivity contribution is 7.15. The fraction of sp³-hybridized carbons (Fsp3) is 0.208. The largest absolute Gasteiger partial charge is 0.439 e. The van der Waals surface area contributed by atoms with Gasteiger partial charge in [-0.2, -0.15) is 26.3 Å². The van der Waals surface area contributed by atoms with Crippen molar-refractivity contribution in [3.63, 3.8) is 0 Å². The minimum atomic E-state index is -4.82. The van der Waals surface area contributed by atoms with E-state index < -0.39 is 36.5 Å². The number of aromatic amines is 1. The van der Waals surface area contributed by atoms with Crippen LogP contribution in [-0.4, -0.2) is 31.3 Å². The Balaban J connectivity index is 1.45. The fourth-order valence-corrected chi connectivity index (χ4v) is 4.99. The standard InChI is InChI=1S/C24H15F6N5O3S/c1-11-18(39-21(33-11)12-5-7-16(32-9-12)23(25,26)27)19(24(28,29)30)37-10-13-4-6-15(20-34-22(36)38-35-20)14-3-2-8-31-17(13)14/h2-9,19H,10H2,1H3,(H,34,35,36). The van der Waals surface area contributed by atoms with E-state index in [0.29, 0.717) is 33.4 Å². The molecule has 0 fully saturated rings. The molecular weight excluding hydrogens is 552 g/mol. The molecule has 0 bridgehead atoms. The minimum Gasteiger partial charge on any atom is -0.358 e. The van der Waals surface area contributed by atoms with Gasteiger partial charge in [-0.1, -0.05) is 23.4 Å². The van der Waals surface area contributed by atoms with Gasteiger partial charge >= 0.3 is 18.1 Å². The molecule has 0 radical (unpaired) electrons. The molecule has 1 atom stereocenters. The van der Waals surface area contributed by atoms with E-state index in [4.69, 9.17) is 4.74 Å². The molecule has 5 aromatic rings. The third-order valence-corrected chi connectivity index (χ3v) is 6.87. The molecule has 0 amide bonds.